The highest BCUT2D eigenvalue weighted by Crippen LogP contribution is 2.54. The van der Waals surface area contributed by atoms with Crippen molar-refractivity contribution in [1.29, 1.82) is 0 Å². The van der Waals surface area contributed by atoms with Crippen LogP contribution in [0, 0.1) is 0 Å². The van der Waals surface area contributed by atoms with Gasteiger partial charge in [0.1, 0.15) is 11.2 Å². The zero-order chi connectivity index (χ0) is 40.0. The molecule has 2 aromatic heterocycles. The van der Waals surface area contributed by atoms with Gasteiger partial charge in [-0.15, -0.1) is 0 Å². The van der Waals surface area contributed by atoms with Crippen molar-refractivity contribution < 1.29 is 4.42 Å². The van der Waals surface area contributed by atoms with Crippen LogP contribution in [0.2, 0.25) is 0 Å². The van der Waals surface area contributed by atoms with Crippen LogP contribution in [-0.2, 0) is 5.41 Å². The standard InChI is InChI=1S/C57H40N2O/c1-57(2)48-24-14-12-22-44(48)45-33-31-43(35-49(45)57)58(42-29-26-39(27-30-42)37-16-6-3-7-17-37)56-54-46-32-28-40(38-18-8-4-9-19-38)34-50(46)59(41-20-10-5-11-21-41)51(54)36-53-55(56)47-23-13-15-25-52(47)60-53/h3-36H,1-2H3. The van der Waals surface area contributed by atoms with Gasteiger partial charge < -0.3 is 13.9 Å². The van der Waals surface area contributed by atoms with Crippen LogP contribution in [0.3, 0.4) is 0 Å². The average Bonchev–Trinajstić information content (AvgIpc) is 3.92. The average molecular weight is 769 g/mol. The fraction of sp³-hybridized carbons (Fsp3) is 0.0526. The van der Waals surface area contributed by atoms with E-state index in [1.807, 2.05) is 0 Å². The number of rotatable bonds is 6. The van der Waals surface area contributed by atoms with Crippen molar-refractivity contribution in [1.82, 2.24) is 4.57 Å². The van der Waals surface area contributed by atoms with Gasteiger partial charge in [0, 0.05) is 44.7 Å². The maximum absolute atomic E-state index is 6.89. The van der Waals surface area contributed by atoms with Gasteiger partial charge in [0.2, 0.25) is 0 Å². The normalized spacial score (nSPS) is 13.0. The molecule has 284 valence electrons. The molecule has 1 aliphatic rings. The molecular formula is C57H40N2O. The summed E-state index contributed by atoms with van der Waals surface area (Å²) in [7, 11) is 0. The third-order valence-electron chi connectivity index (χ3n) is 12.8. The lowest BCUT2D eigenvalue weighted by molar-refractivity contribution is 0.660. The Kier molecular flexibility index (Phi) is 7.58. The first-order chi connectivity index (χ1) is 29.5. The number of fused-ring (bicyclic) bond motifs is 9. The second-order valence-electron chi connectivity index (χ2n) is 16.5. The highest BCUT2D eigenvalue weighted by Gasteiger charge is 2.36. The molecule has 1 aliphatic carbocycles. The van der Waals surface area contributed by atoms with Gasteiger partial charge in [-0.2, -0.15) is 0 Å². The summed E-state index contributed by atoms with van der Waals surface area (Å²) in [5.74, 6) is 0. The van der Waals surface area contributed by atoms with Crippen LogP contribution in [0.4, 0.5) is 17.1 Å². The molecule has 0 unspecified atom stereocenters. The first-order valence-corrected chi connectivity index (χ1v) is 20.8. The lowest BCUT2D eigenvalue weighted by atomic mass is 9.82. The van der Waals surface area contributed by atoms with Crippen molar-refractivity contribution in [3.8, 4) is 39.1 Å². The molecule has 0 fully saturated rings. The van der Waals surface area contributed by atoms with Gasteiger partial charge in [0.05, 0.1) is 22.1 Å². The minimum absolute atomic E-state index is 0.175. The van der Waals surface area contributed by atoms with Crippen LogP contribution in [-0.4, -0.2) is 4.57 Å². The molecule has 2 heterocycles. The van der Waals surface area contributed by atoms with Crippen LogP contribution in [0.15, 0.2) is 211 Å². The quantitative estimate of drug-likeness (QED) is 0.168. The first-order valence-electron chi connectivity index (χ1n) is 20.8. The SMILES string of the molecule is CC1(C)c2ccccc2-c2ccc(N(c3ccc(-c4ccccc4)cc3)c3c4c(cc5c3c3ccc(-c6ccccc6)cc3n5-c3ccccc3)oc3ccccc34)cc21. The molecule has 12 rings (SSSR count). The van der Waals surface area contributed by atoms with E-state index in [2.05, 4.69) is 230 Å². The van der Waals surface area contributed by atoms with E-state index in [0.717, 1.165) is 55.7 Å². The third-order valence-corrected chi connectivity index (χ3v) is 12.8. The summed E-state index contributed by atoms with van der Waals surface area (Å²) in [4.78, 5) is 2.50. The Bertz CT molecular complexity index is 3430. The second-order valence-corrected chi connectivity index (χ2v) is 16.5. The third kappa shape index (κ3) is 5.15. The molecule has 0 N–H and O–H groups in total. The Balaban J connectivity index is 1.22. The van der Waals surface area contributed by atoms with E-state index in [1.165, 1.54) is 55.3 Å². The second kappa shape index (κ2) is 13.2. The minimum Gasteiger partial charge on any atom is -0.456 e. The van der Waals surface area contributed by atoms with Crippen molar-refractivity contribution in [2.45, 2.75) is 19.3 Å². The molecule has 0 spiro atoms. The van der Waals surface area contributed by atoms with Crippen molar-refractivity contribution in [3.05, 3.63) is 217 Å². The summed E-state index contributed by atoms with van der Waals surface area (Å²) < 4.78 is 9.31. The van der Waals surface area contributed by atoms with Crippen LogP contribution < -0.4 is 4.90 Å². The molecular weight excluding hydrogens is 729 g/mol. The molecule has 0 radical (unpaired) electrons. The summed E-state index contributed by atoms with van der Waals surface area (Å²) >= 11 is 0. The van der Waals surface area contributed by atoms with E-state index >= 15 is 0 Å². The Morgan fingerprint density at radius 1 is 0.417 bits per heavy atom. The van der Waals surface area contributed by atoms with Gasteiger partial charge in [-0.05, 0) is 93.0 Å². The summed E-state index contributed by atoms with van der Waals surface area (Å²) in [5.41, 5.74) is 18.2. The van der Waals surface area contributed by atoms with Gasteiger partial charge in [-0.1, -0.05) is 166 Å². The predicted octanol–water partition coefficient (Wildman–Crippen LogP) is 15.8. The maximum atomic E-state index is 6.89. The summed E-state index contributed by atoms with van der Waals surface area (Å²) in [5, 5.41) is 4.52. The zero-order valence-corrected chi connectivity index (χ0v) is 33.4. The molecule has 3 heteroatoms. The summed E-state index contributed by atoms with van der Waals surface area (Å²) in [6, 6.07) is 74.9. The number of hydrogen-bond donors (Lipinski definition) is 0. The number of para-hydroxylation sites is 2. The predicted molar refractivity (Wildman–Crippen MR) is 251 cm³/mol. The van der Waals surface area contributed by atoms with E-state index in [-0.39, 0.29) is 5.41 Å². The van der Waals surface area contributed by atoms with Crippen LogP contribution >= 0.6 is 0 Å². The van der Waals surface area contributed by atoms with Crippen LogP contribution in [0.25, 0.3) is 82.8 Å². The topological polar surface area (TPSA) is 21.3 Å². The van der Waals surface area contributed by atoms with Crippen molar-refractivity contribution >= 4 is 60.8 Å². The van der Waals surface area contributed by atoms with E-state index < -0.39 is 0 Å². The van der Waals surface area contributed by atoms with Gasteiger partial charge in [-0.25, -0.2) is 0 Å². The van der Waals surface area contributed by atoms with Crippen LogP contribution in [0.1, 0.15) is 25.0 Å². The van der Waals surface area contributed by atoms with Gasteiger partial charge in [0.15, 0.2) is 0 Å². The Morgan fingerprint density at radius 3 is 1.78 bits per heavy atom. The van der Waals surface area contributed by atoms with Gasteiger partial charge in [-0.3, -0.25) is 0 Å². The molecule has 3 nitrogen and oxygen atoms in total. The molecule has 60 heavy (non-hydrogen) atoms. The summed E-state index contributed by atoms with van der Waals surface area (Å²) in [6.07, 6.45) is 0. The highest BCUT2D eigenvalue weighted by molar-refractivity contribution is 6.28. The molecule has 0 bridgehead atoms. The lowest BCUT2D eigenvalue weighted by Crippen LogP contribution is -2.16. The molecule has 0 saturated carbocycles. The molecule has 0 saturated heterocycles. The molecule has 0 atom stereocenters. The van der Waals surface area contributed by atoms with Crippen molar-refractivity contribution in [3.63, 3.8) is 0 Å². The highest BCUT2D eigenvalue weighted by atomic mass is 16.3. The van der Waals surface area contributed by atoms with Crippen LogP contribution in [0.5, 0.6) is 0 Å². The lowest BCUT2D eigenvalue weighted by Gasteiger charge is -2.29. The number of benzene rings is 9. The Labute approximate surface area is 349 Å². The molecule has 0 amide bonds. The Hall–Kier alpha value is -7.62. The number of anilines is 3. The summed E-state index contributed by atoms with van der Waals surface area (Å²) in [6.45, 7) is 4.72. The fourth-order valence-corrected chi connectivity index (χ4v) is 9.91. The number of furan rings is 1. The van der Waals surface area contributed by atoms with Gasteiger partial charge in [0.25, 0.3) is 0 Å². The van der Waals surface area contributed by atoms with E-state index in [0.29, 0.717) is 0 Å². The monoisotopic (exact) mass is 768 g/mol. The molecule has 9 aromatic carbocycles. The number of hydrogen-bond acceptors (Lipinski definition) is 2. The van der Waals surface area contributed by atoms with Crippen molar-refractivity contribution in [2.75, 3.05) is 4.90 Å². The molecule has 0 aliphatic heterocycles. The van der Waals surface area contributed by atoms with E-state index in [4.69, 9.17) is 4.42 Å². The minimum atomic E-state index is -0.175. The zero-order valence-electron chi connectivity index (χ0n) is 33.4. The smallest absolute Gasteiger partial charge is 0.139 e. The number of nitrogens with zero attached hydrogens (tertiary/aromatic N) is 2. The van der Waals surface area contributed by atoms with E-state index in [1.54, 1.807) is 0 Å². The first kappa shape index (κ1) is 34.4. The van der Waals surface area contributed by atoms with Gasteiger partial charge >= 0.3 is 0 Å². The van der Waals surface area contributed by atoms with E-state index in [9.17, 15) is 0 Å². The molecule has 11 aromatic rings. The fourth-order valence-electron chi connectivity index (χ4n) is 9.91. The van der Waals surface area contributed by atoms with Crippen molar-refractivity contribution in [2.24, 2.45) is 0 Å². The largest absolute Gasteiger partial charge is 0.456 e. The Morgan fingerprint density at radius 2 is 1.02 bits per heavy atom. The number of aromatic nitrogens is 1. The maximum Gasteiger partial charge on any atom is 0.139 e.